The Hall–Kier alpha value is -1.84. The summed E-state index contributed by atoms with van der Waals surface area (Å²) < 4.78 is 0. The maximum atomic E-state index is 12.5. The molecule has 0 aromatic heterocycles. The standard InChI is InChI=1S/C20H30N2O2/c1-5-18(6-2)20(24)22-11-9-21(10-12-22)19(23)14-17-8-7-15(3)16(4)13-17/h7-8,13,18H,5-6,9-12,14H2,1-4H3. The minimum atomic E-state index is 0.128. The van der Waals surface area contributed by atoms with E-state index >= 15 is 0 Å². The van der Waals surface area contributed by atoms with Crippen LogP contribution in [0.25, 0.3) is 0 Å². The molecule has 1 aliphatic rings. The normalized spacial score (nSPS) is 15.0. The lowest BCUT2D eigenvalue weighted by atomic mass is 10.0. The average Bonchev–Trinajstić information content (AvgIpc) is 2.59. The van der Waals surface area contributed by atoms with E-state index in [9.17, 15) is 9.59 Å². The van der Waals surface area contributed by atoms with Crippen molar-refractivity contribution >= 4 is 11.8 Å². The predicted octanol–water partition coefficient (Wildman–Crippen LogP) is 2.95. The second-order valence-electron chi connectivity index (χ2n) is 6.81. The summed E-state index contributed by atoms with van der Waals surface area (Å²) in [5.74, 6) is 0.539. The number of nitrogens with zero attached hydrogens (tertiary/aromatic N) is 2. The fourth-order valence-electron chi connectivity index (χ4n) is 3.27. The van der Waals surface area contributed by atoms with Gasteiger partial charge in [0.1, 0.15) is 0 Å². The molecule has 1 aromatic rings. The molecule has 0 spiro atoms. The first kappa shape index (κ1) is 18.5. The van der Waals surface area contributed by atoms with Crippen molar-refractivity contribution in [3.05, 3.63) is 34.9 Å². The number of rotatable bonds is 5. The van der Waals surface area contributed by atoms with E-state index in [1.54, 1.807) is 0 Å². The van der Waals surface area contributed by atoms with Gasteiger partial charge in [-0.3, -0.25) is 9.59 Å². The number of hydrogen-bond donors (Lipinski definition) is 0. The summed E-state index contributed by atoms with van der Waals surface area (Å²) >= 11 is 0. The highest BCUT2D eigenvalue weighted by Gasteiger charge is 2.27. The van der Waals surface area contributed by atoms with Crippen LogP contribution in [0.4, 0.5) is 0 Å². The Labute approximate surface area is 145 Å². The van der Waals surface area contributed by atoms with E-state index in [0.29, 0.717) is 32.6 Å². The summed E-state index contributed by atoms with van der Waals surface area (Å²) in [6.07, 6.45) is 2.23. The molecule has 0 atom stereocenters. The second-order valence-corrected chi connectivity index (χ2v) is 6.81. The van der Waals surface area contributed by atoms with Gasteiger partial charge >= 0.3 is 0 Å². The fraction of sp³-hybridized carbons (Fsp3) is 0.600. The predicted molar refractivity (Wildman–Crippen MR) is 96.9 cm³/mol. The van der Waals surface area contributed by atoms with Crippen molar-refractivity contribution in [1.82, 2.24) is 9.80 Å². The van der Waals surface area contributed by atoms with Gasteiger partial charge < -0.3 is 9.80 Å². The third kappa shape index (κ3) is 4.37. The Balaban J connectivity index is 1.88. The van der Waals surface area contributed by atoms with Crippen LogP contribution in [0.3, 0.4) is 0 Å². The summed E-state index contributed by atoms with van der Waals surface area (Å²) in [7, 11) is 0. The molecule has 0 saturated carbocycles. The van der Waals surface area contributed by atoms with E-state index in [0.717, 1.165) is 18.4 Å². The van der Waals surface area contributed by atoms with Gasteiger partial charge in [-0.05, 0) is 43.4 Å². The number of amides is 2. The van der Waals surface area contributed by atoms with E-state index < -0.39 is 0 Å². The number of aryl methyl sites for hydroxylation is 2. The van der Waals surface area contributed by atoms with Crippen LogP contribution in [0.5, 0.6) is 0 Å². The van der Waals surface area contributed by atoms with Crippen molar-refractivity contribution in [2.45, 2.75) is 47.0 Å². The van der Waals surface area contributed by atoms with Gasteiger partial charge in [0.25, 0.3) is 0 Å². The molecule has 1 saturated heterocycles. The molecule has 1 heterocycles. The molecule has 0 radical (unpaired) electrons. The molecule has 0 unspecified atom stereocenters. The molecule has 0 bridgehead atoms. The third-order valence-electron chi connectivity index (χ3n) is 5.21. The van der Waals surface area contributed by atoms with Gasteiger partial charge in [0.2, 0.25) is 11.8 Å². The second kappa shape index (κ2) is 8.32. The van der Waals surface area contributed by atoms with Crippen LogP contribution in [0.15, 0.2) is 18.2 Å². The van der Waals surface area contributed by atoms with Crippen molar-refractivity contribution in [2.75, 3.05) is 26.2 Å². The van der Waals surface area contributed by atoms with Crippen LogP contribution in [0.1, 0.15) is 43.4 Å². The lowest BCUT2D eigenvalue weighted by molar-refractivity contribution is -0.142. The van der Waals surface area contributed by atoms with Crippen LogP contribution in [0, 0.1) is 19.8 Å². The number of carbonyl (C=O) groups is 2. The third-order valence-corrected chi connectivity index (χ3v) is 5.21. The highest BCUT2D eigenvalue weighted by Crippen LogP contribution is 2.15. The van der Waals surface area contributed by atoms with Gasteiger partial charge in [0, 0.05) is 32.1 Å². The minimum Gasteiger partial charge on any atom is -0.339 e. The van der Waals surface area contributed by atoms with E-state index in [1.807, 2.05) is 15.9 Å². The summed E-state index contributed by atoms with van der Waals surface area (Å²) in [6.45, 7) is 10.9. The van der Waals surface area contributed by atoms with Crippen molar-refractivity contribution in [2.24, 2.45) is 5.92 Å². The molecule has 1 aliphatic heterocycles. The van der Waals surface area contributed by atoms with Crippen molar-refractivity contribution < 1.29 is 9.59 Å². The molecule has 132 valence electrons. The van der Waals surface area contributed by atoms with Gasteiger partial charge in [-0.2, -0.15) is 0 Å². The zero-order chi connectivity index (χ0) is 17.7. The molecular weight excluding hydrogens is 300 g/mol. The van der Waals surface area contributed by atoms with Crippen LogP contribution in [-0.2, 0) is 16.0 Å². The first-order chi connectivity index (χ1) is 11.5. The smallest absolute Gasteiger partial charge is 0.227 e. The molecule has 2 rings (SSSR count). The molecule has 1 fully saturated rings. The Bertz CT molecular complexity index is 585. The summed E-state index contributed by atoms with van der Waals surface area (Å²) in [5.41, 5.74) is 3.54. The number of piperazine rings is 1. The molecule has 1 aromatic carbocycles. The van der Waals surface area contributed by atoms with Crippen LogP contribution in [-0.4, -0.2) is 47.8 Å². The molecule has 2 amide bonds. The van der Waals surface area contributed by atoms with Gasteiger partial charge in [-0.25, -0.2) is 0 Å². The first-order valence-corrected chi connectivity index (χ1v) is 9.08. The van der Waals surface area contributed by atoms with Crippen LogP contribution in [0.2, 0.25) is 0 Å². The quantitative estimate of drug-likeness (QED) is 0.833. The van der Waals surface area contributed by atoms with Crippen molar-refractivity contribution in [3.63, 3.8) is 0 Å². The Morgan fingerprint density at radius 2 is 1.54 bits per heavy atom. The molecule has 4 heteroatoms. The van der Waals surface area contributed by atoms with E-state index in [4.69, 9.17) is 0 Å². The zero-order valence-corrected chi connectivity index (χ0v) is 15.5. The number of carbonyl (C=O) groups excluding carboxylic acids is 2. The molecule has 4 nitrogen and oxygen atoms in total. The fourth-order valence-corrected chi connectivity index (χ4v) is 3.27. The maximum Gasteiger partial charge on any atom is 0.227 e. The summed E-state index contributed by atoms with van der Waals surface area (Å²) in [5, 5.41) is 0. The summed E-state index contributed by atoms with van der Waals surface area (Å²) in [4.78, 5) is 28.8. The molecular formula is C20H30N2O2. The highest BCUT2D eigenvalue weighted by molar-refractivity contribution is 5.81. The zero-order valence-electron chi connectivity index (χ0n) is 15.5. The lowest BCUT2D eigenvalue weighted by Crippen LogP contribution is -2.52. The molecule has 0 N–H and O–H groups in total. The van der Waals surface area contributed by atoms with E-state index in [-0.39, 0.29) is 17.7 Å². The lowest BCUT2D eigenvalue weighted by Gasteiger charge is -2.36. The Kier molecular flexibility index (Phi) is 6.41. The Morgan fingerprint density at radius 1 is 0.958 bits per heavy atom. The van der Waals surface area contributed by atoms with Gasteiger partial charge in [0.15, 0.2) is 0 Å². The number of benzene rings is 1. The molecule has 0 aliphatic carbocycles. The van der Waals surface area contributed by atoms with E-state index in [2.05, 4.69) is 39.8 Å². The van der Waals surface area contributed by atoms with Crippen LogP contribution >= 0.6 is 0 Å². The van der Waals surface area contributed by atoms with Gasteiger partial charge in [0.05, 0.1) is 6.42 Å². The monoisotopic (exact) mass is 330 g/mol. The topological polar surface area (TPSA) is 40.6 Å². The Morgan fingerprint density at radius 3 is 2.08 bits per heavy atom. The summed E-state index contributed by atoms with van der Waals surface area (Å²) in [6, 6.07) is 6.21. The average molecular weight is 330 g/mol. The van der Waals surface area contributed by atoms with Gasteiger partial charge in [-0.15, -0.1) is 0 Å². The van der Waals surface area contributed by atoms with Crippen molar-refractivity contribution in [1.29, 1.82) is 0 Å². The van der Waals surface area contributed by atoms with Crippen LogP contribution < -0.4 is 0 Å². The number of hydrogen-bond acceptors (Lipinski definition) is 2. The minimum absolute atomic E-state index is 0.128. The SMILES string of the molecule is CCC(CC)C(=O)N1CCN(C(=O)Cc2ccc(C)c(C)c2)CC1. The van der Waals surface area contributed by atoms with Crippen molar-refractivity contribution in [3.8, 4) is 0 Å². The highest BCUT2D eigenvalue weighted by atomic mass is 16.2. The largest absolute Gasteiger partial charge is 0.339 e. The first-order valence-electron chi connectivity index (χ1n) is 9.08. The van der Waals surface area contributed by atoms with Gasteiger partial charge in [-0.1, -0.05) is 32.0 Å². The van der Waals surface area contributed by atoms with E-state index in [1.165, 1.54) is 11.1 Å². The molecule has 24 heavy (non-hydrogen) atoms. The maximum absolute atomic E-state index is 12.5.